The van der Waals surface area contributed by atoms with Crippen LogP contribution in [0.25, 0.3) is 0 Å². The highest BCUT2D eigenvalue weighted by Crippen LogP contribution is 2.22. The van der Waals surface area contributed by atoms with Crippen molar-refractivity contribution in [2.75, 3.05) is 26.2 Å². The van der Waals surface area contributed by atoms with Gasteiger partial charge in [0.15, 0.2) is 0 Å². The largest absolute Gasteiger partial charge is 0.334 e. The van der Waals surface area contributed by atoms with Crippen molar-refractivity contribution in [1.29, 1.82) is 0 Å². The summed E-state index contributed by atoms with van der Waals surface area (Å²) in [6.07, 6.45) is 0.884. The summed E-state index contributed by atoms with van der Waals surface area (Å²) in [5, 5.41) is 0. The number of hydrogen-bond acceptors (Lipinski definition) is 3. The summed E-state index contributed by atoms with van der Waals surface area (Å²) >= 11 is 0. The lowest BCUT2D eigenvalue weighted by molar-refractivity contribution is -0.126. The molecule has 0 bridgehead atoms. The molecule has 0 unspecified atom stereocenters. The molecule has 2 aromatic rings. The fourth-order valence-corrected chi connectivity index (χ4v) is 3.56. The van der Waals surface area contributed by atoms with Gasteiger partial charge in [-0.05, 0) is 23.0 Å². The molecule has 1 fully saturated rings. The topological polar surface area (TPSA) is 40.6 Å². The molecule has 0 atom stereocenters. The smallest absolute Gasteiger partial charge is 0.295 e. The fraction of sp³-hybridized carbons (Fsp3) is 0.417. The zero-order chi connectivity index (χ0) is 20.1. The normalized spacial score (nSPS) is 15.9. The highest BCUT2D eigenvalue weighted by molar-refractivity contribution is 6.42. The Bertz CT molecular complexity index is 807. The van der Waals surface area contributed by atoms with Gasteiger partial charge in [-0.25, -0.2) is 0 Å². The third-order valence-corrected chi connectivity index (χ3v) is 5.33. The van der Waals surface area contributed by atoms with Crippen LogP contribution in [0, 0.1) is 0 Å². The minimum absolute atomic E-state index is 0.0264. The summed E-state index contributed by atoms with van der Waals surface area (Å²) in [4.78, 5) is 29.5. The second-order valence-electron chi connectivity index (χ2n) is 8.56. The summed E-state index contributed by atoms with van der Waals surface area (Å²) in [5.74, 6) is -0.790. The molecule has 1 aliphatic rings. The zero-order valence-corrected chi connectivity index (χ0v) is 17.1. The summed E-state index contributed by atoms with van der Waals surface area (Å²) in [5.41, 5.74) is 2.93. The number of Topliss-reactive ketones (excluding diaryl/α,β-unsaturated/α-hetero) is 1. The van der Waals surface area contributed by atoms with Crippen LogP contribution in [-0.4, -0.2) is 47.7 Å². The Kier molecular flexibility index (Phi) is 6.30. The van der Waals surface area contributed by atoms with Crippen molar-refractivity contribution in [3.05, 3.63) is 71.3 Å². The fourth-order valence-electron chi connectivity index (χ4n) is 3.56. The Morgan fingerprint density at radius 3 is 2.18 bits per heavy atom. The molecular formula is C24H30N2O2. The van der Waals surface area contributed by atoms with Gasteiger partial charge in [-0.2, -0.15) is 0 Å². The Hall–Kier alpha value is -2.46. The van der Waals surface area contributed by atoms with Gasteiger partial charge < -0.3 is 4.90 Å². The van der Waals surface area contributed by atoms with Crippen LogP contribution in [0.1, 0.15) is 48.7 Å². The lowest BCUT2D eigenvalue weighted by Crippen LogP contribution is -2.39. The SMILES string of the molecule is CC(C)(C)c1ccc(C(=O)C(=O)N2CCCN(Cc3ccccc3)CC2)cc1. The third kappa shape index (κ3) is 5.08. The monoisotopic (exact) mass is 378 g/mol. The number of nitrogens with zero attached hydrogens (tertiary/aromatic N) is 2. The summed E-state index contributed by atoms with van der Waals surface area (Å²) < 4.78 is 0. The van der Waals surface area contributed by atoms with E-state index in [2.05, 4.69) is 37.8 Å². The molecule has 28 heavy (non-hydrogen) atoms. The molecule has 148 valence electrons. The molecule has 1 amide bonds. The standard InChI is InChI=1S/C24H30N2O2/c1-24(2,3)21-12-10-20(11-13-21)22(27)23(28)26-15-7-14-25(16-17-26)18-19-8-5-4-6-9-19/h4-6,8-13H,7,14-18H2,1-3H3. The van der Waals surface area contributed by atoms with Crippen LogP contribution in [0.3, 0.4) is 0 Å². The van der Waals surface area contributed by atoms with Gasteiger partial charge in [0.05, 0.1) is 0 Å². The predicted molar refractivity (Wildman–Crippen MR) is 112 cm³/mol. The maximum absolute atomic E-state index is 12.8. The summed E-state index contributed by atoms with van der Waals surface area (Å²) in [6.45, 7) is 10.2. The first-order valence-electron chi connectivity index (χ1n) is 10.0. The van der Waals surface area contributed by atoms with E-state index in [4.69, 9.17) is 0 Å². The Morgan fingerprint density at radius 2 is 1.54 bits per heavy atom. The van der Waals surface area contributed by atoms with Crippen molar-refractivity contribution in [3.63, 3.8) is 0 Å². The molecule has 1 saturated heterocycles. The molecular weight excluding hydrogens is 348 g/mol. The zero-order valence-electron chi connectivity index (χ0n) is 17.1. The number of carbonyl (C=O) groups is 2. The predicted octanol–water partition coefficient (Wildman–Crippen LogP) is 3.90. The average molecular weight is 379 g/mol. The van der Waals surface area contributed by atoms with Gasteiger partial charge in [-0.15, -0.1) is 0 Å². The molecule has 0 radical (unpaired) electrons. The maximum atomic E-state index is 12.8. The minimum atomic E-state index is -0.406. The molecule has 0 saturated carbocycles. The van der Waals surface area contributed by atoms with Crippen LogP contribution in [0.15, 0.2) is 54.6 Å². The van der Waals surface area contributed by atoms with Crippen LogP contribution in [-0.2, 0) is 16.8 Å². The highest BCUT2D eigenvalue weighted by Gasteiger charge is 2.26. The lowest BCUT2D eigenvalue weighted by atomic mass is 9.86. The van der Waals surface area contributed by atoms with Crippen molar-refractivity contribution in [1.82, 2.24) is 9.80 Å². The quantitative estimate of drug-likeness (QED) is 0.598. The first kappa shape index (κ1) is 20.3. The molecule has 3 rings (SSSR count). The molecule has 2 aromatic carbocycles. The van der Waals surface area contributed by atoms with Crippen molar-refractivity contribution >= 4 is 11.7 Å². The number of hydrogen-bond donors (Lipinski definition) is 0. The minimum Gasteiger partial charge on any atom is -0.334 e. The van der Waals surface area contributed by atoms with Gasteiger partial charge in [0.25, 0.3) is 5.91 Å². The van der Waals surface area contributed by atoms with Crippen molar-refractivity contribution < 1.29 is 9.59 Å². The molecule has 1 aliphatic heterocycles. The Labute approximate surface area is 168 Å². The van der Waals surface area contributed by atoms with Gasteiger partial charge in [-0.1, -0.05) is 75.4 Å². The van der Waals surface area contributed by atoms with E-state index in [0.717, 1.165) is 31.6 Å². The third-order valence-electron chi connectivity index (χ3n) is 5.33. The van der Waals surface area contributed by atoms with E-state index in [1.165, 1.54) is 5.56 Å². The van der Waals surface area contributed by atoms with E-state index in [0.29, 0.717) is 18.7 Å². The number of benzene rings is 2. The molecule has 0 N–H and O–H groups in total. The van der Waals surface area contributed by atoms with Crippen LogP contribution in [0.4, 0.5) is 0 Å². The summed E-state index contributed by atoms with van der Waals surface area (Å²) in [6, 6.07) is 17.8. The second kappa shape index (κ2) is 8.70. The van der Waals surface area contributed by atoms with Gasteiger partial charge >= 0.3 is 0 Å². The van der Waals surface area contributed by atoms with Gasteiger partial charge in [0, 0.05) is 38.3 Å². The molecule has 0 spiro atoms. The molecule has 4 heteroatoms. The van der Waals surface area contributed by atoms with Gasteiger partial charge in [0.1, 0.15) is 0 Å². The molecule has 4 nitrogen and oxygen atoms in total. The number of ketones is 1. The Balaban J connectivity index is 1.60. The lowest BCUT2D eigenvalue weighted by Gasteiger charge is -2.22. The van der Waals surface area contributed by atoms with E-state index < -0.39 is 5.78 Å². The Morgan fingerprint density at radius 1 is 0.857 bits per heavy atom. The molecule has 0 aromatic heterocycles. The average Bonchev–Trinajstić information content (AvgIpc) is 2.93. The van der Waals surface area contributed by atoms with Gasteiger partial charge in [-0.3, -0.25) is 14.5 Å². The first-order chi connectivity index (χ1) is 13.3. The van der Waals surface area contributed by atoms with Crippen molar-refractivity contribution in [2.24, 2.45) is 0 Å². The number of amides is 1. The van der Waals surface area contributed by atoms with E-state index in [9.17, 15) is 9.59 Å². The van der Waals surface area contributed by atoms with Gasteiger partial charge in [0.2, 0.25) is 5.78 Å². The van der Waals surface area contributed by atoms with Crippen molar-refractivity contribution in [3.8, 4) is 0 Å². The number of rotatable bonds is 4. The van der Waals surface area contributed by atoms with Crippen LogP contribution in [0.2, 0.25) is 0 Å². The first-order valence-corrected chi connectivity index (χ1v) is 10.0. The summed E-state index contributed by atoms with van der Waals surface area (Å²) in [7, 11) is 0. The van der Waals surface area contributed by atoms with E-state index in [-0.39, 0.29) is 11.3 Å². The van der Waals surface area contributed by atoms with Crippen molar-refractivity contribution in [2.45, 2.75) is 39.2 Å². The van der Waals surface area contributed by atoms with Crippen LogP contribution >= 0.6 is 0 Å². The van der Waals surface area contributed by atoms with E-state index >= 15 is 0 Å². The number of carbonyl (C=O) groups excluding carboxylic acids is 2. The van der Waals surface area contributed by atoms with E-state index in [1.807, 2.05) is 30.3 Å². The second-order valence-corrected chi connectivity index (χ2v) is 8.56. The molecule has 0 aliphatic carbocycles. The molecule has 1 heterocycles. The maximum Gasteiger partial charge on any atom is 0.295 e. The van der Waals surface area contributed by atoms with E-state index in [1.54, 1.807) is 17.0 Å². The van der Waals surface area contributed by atoms with Crippen LogP contribution < -0.4 is 0 Å². The highest BCUT2D eigenvalue weighted by atomic mass is 16.2. The van der Waals surface area contributed by atoms with Crippen LogP contribution in [0.5, 0.6) is 0 Å².